The number of benzene rings is 1. The van der Waals surface area contributed by atoms with Gasteiger partial charge in [-0.1, -0.05) is 6.07 Å². The van der Waals surface area contributed by atoms with Crippen molar-refractivity contribution in [2.24, 2.45) is 5.92 Å². The highest BCUT2D eigenvalue weighted by Gasteiger charge is 2.22. The molecule has 1 aliphatic rings. The molecule has 0 amide bonds. The molecule has 0 aliphatic carbocycles. The molecule has 1 N–H and O–H groups in total. The van der Waals surface area contributed by atoms with E-state index in [0.717, 1.165) is 48.9 Å². The summed E-state index contributed by atoms with van der Waals surface area (Å²) < 4.78 is 5.57. The van der Waals surface area contributed by atoms with Gasteiger partial charge >= 0.3 is 0 Å². The van der Waals surface area contributed by atoms with Crippen molar-refractivity contribution < 1.29 is 4.42 Å². The van der Waals surface area contributed by atoms with Gasteiger partial charge in [0.2, 0.25) is 0 Å². The molecule has 1 fully saturated rings. The number of rotatable bonds is 4. The van der Waals surface area contributed by atoms with E-state index < -0.39 is 0 Å². The van der Waals surface area contributed by atoms with Crippen LogP contribution in [-0.4, -0.2) is 33.2 Å². The Morgan fingerprint density at radius 1 is 1.33 bits per heavy atom. The van der Waals surface area contributed by atoms with Crippen molar-refractivity contribution in [2.75, 3.05) is 13.1 Å². The average Bonchev–Trinajstić information content (AvgIpc) is 3.13. The van der Waals surface area contributed by atoms with Gasteiger partial charge in [-0.05, 0) is 56.3 Å². The van der Waals surface area contributed by atoms with E-state index in [1.165, 1.54) is 23.8 Å². The molecule has 3 aromatic rings. The summed E-state index contributed by atoms with van der Waals surface area (Å²) in [6.07, 6.45) is 5.60. The highest BCUT2D eigenvalue weighted by atomic mass is 16.4. The molecule has 1 saturated heterocycles. The summed E-state index contributed by atoms with van der Waals surface area (Å²) in [6.45, 7) is 7.12. The van der Waals surface area contributed by atoms with Gasteiger partial charge in [0.05, 0.1) is 17.4 Å². The standard InChI is InChI=1S/C19H24N4O/c1-13-19(21-14(2)24-13)12-23-7-3-4-16(11-23)8-15-5-6-18-17(9-15)10-20-22-18/h5-6,9-10,16H,3-4,7-8,11-12H2,1-2H3,(H,20,22)/t16-/m1/s1. The molecule has 0 radical (unpaired) electrons. The van der Waals surface area contributed by atoms with Crippen LogP contribution in [0.4, 0.5) is 0 Å². The number of fused-ring (bicyclic) bond motifs is 1. The van der Waals surface area contributed by atoms with E-state index in [9.17, 15) is 0 Å². The topological polar surface area (TPSA) is 58.0 Å². The summed E-state index contributed by atoms with van der Waals surface area (Å²) in [6, 6.07) is 6.63. The molecule has 4 rings (SSSR count). The SMILES string of the molecule is Cc1nc(CN2CCC[C@H](Cc3ccc4[nH]ncc4c3)C2)c(C)o1. The Hall–Kier alpha value is -2.14. The van der Waals surface area contributed by atoms with Gasteiger partial charge < -0.3 is 4.42 Å². The van der Waals surface area contributed by atoms with Gasteiger partial charge in [0.15, 0.2) is 5.89 Å². The molecule has 2 aromatic heterocycles. The van der Waals surface area contributed by atoms with Crippen LogP contribution in [0.5, 0.6) is 0 Å². The first kappa shape index (κ1) is 15.4. The third kappa shape index (κ3) is 3.22. The van der Waals surface area contributed by atoms with Crippen LogP contribution < -0.4 is 0 Å². The van der Waals surface area contributed by atoms with Crippen LogP contribution in [0.15, 0.2) is 28.8 Å². The molecule has 0 unspecified atom stereocenters. The van der Waals surface area contributed by atoms with Crippen LogP contribution in [0.25, 0.3) is 10.9 Å². The van der Waals surface area contributed by atoms with Crippen molar-refractivity contribution in [1.29, 1.82) is 0 Å². The van der Waals surface area contributed by atoms with Crippen LogP contribution in [0, 0.1) is 19.8 Å². The Kier molecular flexibility index (Phi) is 4.10. The molecule has 5 heteroatoms. The number of aromatic nitrogens is 3. The second-order valence-electron chi connectivity index (χ2n) is 6.97. The normalized spacial score (nSPS) is 19.2. The average molecular weight is 324 g/mol. The lowest BCUT2D eigenvalue weighted by Crippen LogP contribution is -2.36. The molecule has 1 atom stereocenters. The van der Waals surface area contributed by atoms with Crippen molar-refractivity contribution in [3.8, 4) is 0 Å². The monoisotopic (exact) mass is 324 g/mol. The summed E-state index contributed by atoms with van der Waals surface area (Å²) in [5.74, 6) is 2.43. The highest BCUT2D eigenvalue weighted by Crippen LogP contribution is 2.24. The molecule has 0 spiro atoms. The van der Waals surface area contributed by atoms with E-state index in [2.05, 4.69) is 38.3 Å². The minimum Gasteiger partial charge on any atom is -0.446 e. The molecule has 0 bridgehead atoms. The van der Waals surface area contributed by atoms with Crippen LogP contribution in [0.2, 0.25) is 0 Å². The molecule has 3 heterocycles. The van der Waals surface area contributed by atoms with Gasteiger partial charge in [-0.2, -0.15) is 5.10 Å². The first-order valence-corrected chi connectivity index (χ1v) is 8.74. The Labute approximate surface area is 142 Å². The zero-order chi connectivity index (χ0) is 16.5. The second kappa shape index (κ2) is 6.40. The number of hydrogen-bond acceptors (Lipinski definition) is 4. The first-order chi connectivity index (χ1) is 11.7. The number of hydrogen-bond donors (Lipinski definition) is 1. The van der Waals surface area contributed by atoms with E-state index in [0.29, 0.717) is 5.92 Å². The van der Waals surface area contributed by atoms with Gasteiger partial charge in [-0.3, -0.25) is 10.00 Å². The maximum atomic E-state index is 5.57. The summed E-state index contributed by atoms with van der Waals surface area (Å²) in [4.78, 5) is 7.05. The number of oxazole rings is 1. The number of H-pyrrole nitrogens is 1. The molecule has 24 heavy (non-hydrogen) atoms. The maximum absolute atomic E-state index is 5.57. The van der Waals surface area contributed by atoms with Gasteiger partial charge in [-0.25, -0.2) is 4.98 Å². The van der Waals surface area contributed by atoms with E-state index in [1.807, 2.05) is 20.0 Å². The molecule has 0 saturated carbocycles. The van der Waals surface area contributed by atoms with E-state index in [1.54, 1.807) is 0 Å². The fourth-order valence-electron chi connectivity index (χ4n) is 3.84. The summed E-state index contributed by atoms with van der Waals surface area (Å²) >= 11 is 0. The molecule has 1 aromatic carbocycles. The third-order valence-corrected chi connectivity index (χ3v) is 5.01. The van der Waals surface area contributed by atoms with Crippen LogP contribution >= 0.6 is 0 Å². The minimum absolute atomic E-state index is 0.705. The molecule has 5 nitrogen and oxygen atoms in total. The van der Waals surface area contributed by atoms with Crippen molar-refractivity contribution in [3.05, 3.63) is 47.3 Å². The Morgan fingerprint density at radius 3 is 3.08 bits per heavy atom. The first-order valence-electron chi connectivity index (χ1n) is 8.74. The Morgan fingerprint density at radius 2 is 2.25 bits per heavy atom. The lowest BCUT2D eigenvalue weighted by molar-refractivity contribution is 0.165. The summed E-state index contributed by atoms with van der Waals surface area (Å²) in [5, 5.41) is 8.33. The van der Waals surface area contributed by atoms with Crippen LogP contribution in [-0.2, 0) is 13.0 Å². The molecule has 1 aliphatic heterocycles. The third-order valence-electron chi connectivity index (χ3n) is 5.01. The van der Waals surface area contributed by atoms with E-state index >= 15 is 0 Å². The number of aromatic amines is 1. The number of nitrogens with one attached hydrogen (secondary N) is 1. The largest absolute Gasteiger partial charge is 0.446 e. The van der Waals surface area contributed by atoms with Crippen molar-refractivity contribution >= 4 is 10.9 Å². The van der Waals surface area contributed by atoms with Gasteiger partial charge in [0, 0.05) is 25.4 Å². The lowest BCUT2D eigenvalue weighted by atomic mass is 9.91. The fourth-order valence-corrected chi connectivity index (χ4v) is 3.84. The maximum Gasteiger partial charge on any atom is 0.191 e. The highest BCUT2D eigenvalue weighted by molar-refractivity contribution is 5.78. The smallest absolute Gasteiger partial charge is 0.191 e. The zero-order valence-corrected chi connectivity index (χ0v) is 14.4. The van der Waals surface area contributed by atoms with Gasteiger partial charge in [0.25, 0.3) is 0 Å². The Balaban J connectivity index is 1.41. The fraction of sp³-hybridized carbons (Fsp3) is 0.474. The van der Waals surface area contributed by atoms with Crippen molar-refractivity contribution in [3.63, 3.8) is 0 Å². The van der Waals surface area contributed by atoms with Crippen molar-refractivity contribution in [1.82, 2.24) is 20.1 Å². The van der Waals surface area contributed by atoms with Crippen molar-refractivity contribution in [2.45, 2.75) is 39.7 Å². The lowest BCUT2D eigenvalue weighted by Gasteiger charge is -2.32. The Bertz CT molecular complexity index is 835. The summed E-state index contributed by atoms with van der Waals surface area (Å²) in [5.41, 5.74) is 3.61. The second-order valence-corrected chi connectivity index (χ2v) is 6.97. The minimum atomic E-state index is 0.705. The van der Waals surface area contributed by atoms with Crippen LogP contribution in [0.3, 0.4) is 0 Å². The predicted octanol–water partition coefficient (Wildman–Crippen LogP) is 3.62. The molecule has 126 valence electrons. The van der Waals surface area contributed by atoms with Crippen LogP contribution in [0.1, 0.15) is 35.7 Å². The molecular weight excluding hydrogens is 300 g/mol. The quantitative estimate of drug-likeness (QED) is 0.796. The number of nitrogens with zero attached hydrogens (tertiary/aromatic N) is 3. The number of likely N-dealkylation sites (tertiary alicyclic amines) is 1. The number of aryl methyl sites for hydroxylation is 2. The van der Waals surface area contributed by atoms with Gasteiger partial charge in [-0.15, -0.1) is 0 Å². The van der Waals surface area contributed by atoms with Gasteiger partial charge in [0.1, 0.15) is 5.76 Å². The molecular formula is C19H24N4O. The summed E-state index contributed by atoms with van der Waals surface area (Å²) in [7, 11) is 0. The number of piperidine rings is 1. The van der Waals surface area contributed by atoms with E-state index in [-0.39, 0.29) is 0 Å². The van der Waals surface area contributed by atoms with E-state index in [4.69, 9.17) is 4.42 Å². The zero-order valence-electron chi connectivity index (χ0n) is 14.4. The predicted molar refractivity (Wildman–Crippen MR) is 93.8 cm³/mol.